The summed E-state index contributed by atoms with van der Waals surface area (Å²) in [6.07, 6.45) is 1.71. The van der Waals surface area contributed by atoms with Gasteiger partial charge in [-0.25, -0.2) is 0 Å². The van der Waals surface area contributed by atoms with Crippen molar-refractivity contribution in [2.75, 3.05) is 4.92 Å². The van der Waals surface area contributed by atoms with E-state index in [9.17, 15) is 5.02 Å². The van der Waals surface area contributed by atoms with Crippen LogP contribution in [-0.2, 0) is 0 Å². The number of benzene rings is 2. The zero-order chi connectivity index (χ0) is 13.4. The molecule has 0 bridgehead atoms. The molecule has 6 heteroatoms. The maximum Gasteiger partial charge on any atom is 0.471 e. The number of hydrogen-bond acceptors (Lipinski definition) is 3. The van der Waals surface area contributed by atoms with E-state index >= 15 is 0 Å². The maximum absolute atomic E-state index is 10.4. The summed E-state index contributed by atoms with van der Waals surface area (Å²) in [5.74, 6) is 0. The third-order valence-corrected chi connectivity index (χ3v) is 3.73. The van der Waals surface area contributed by atoms with Crippen molar-refractivity contribution in [3.63, 3.8) is 0 Å². The molecule has 0 aliphatic carbocycles. The van der Waals surface area contributed by atoms with Crippen LogP contribution in [0.2, 0.25) is 10.0 Å². The molecule has 0 radical (unpaired) electrons. The summed E-state index contributed by atoms with van der Waals surface area (Å²) in [4.78, 5) is 1.50. The highest BCUT2D eigenvalue weighted by atomic mass is 35.5. The second-order valence-corrected chi connectivity index (χ2v) is 5.00. The first-order chi connectivity index (χ1) is 9.16. The molecular weight excluding hydrogens is 282 g/mol. The molecule has 0 amide bonds. The fourth-order valence-corrected chi connectivity index (χ4v) is 2.31. The van der Waals surface area contributed by atoms with E-state index in [-0.39, 0.29) is 0 Å². The predicted octanol–water partition coefficient (Wildman–Crippen LogP) is 2.54. The fourth-order valence-electron chi connectivity index (χ4n) is 2.02. The molecule has 3 nitrogen and oxygen atoms in total. The van der Waals surface area contributed by atoms with Gasteiger partial charge in [0.1, 0.15) is 0 Å². The molecule has 19 heavy (non-hydrogen) atoms. The van der Waals surface area contributed by atoms with E-state index in [1.165, 1.54) is 4.92 Å². The average molecular weight is 291 g/mol. The summed E-state index contributed by atoms with van der Waals surface area (Å²) in [5.41, 5.74) is 2.41. The van der Waals surface area contributed by atoms with Crippen LogP contribution in [0.1, 0.15) is 5.56 Å². The minimum absolute atomic E-state index is 0.431. The van der Waals surface area contributed by atoms with Crippen molar-refractivity contribution in [1.82, 2.24) is 0 Å². The fraction of sp³-hybridized carbons (Fsp3) is 0. The van der Waals surface area contributed by atoms with Gasteiger partial charge in [0.15, 0.2) is 0 Å². The summed E-state index contributed by atoms with van der Waals surface area (Å²) in [6.45, 7) is 0. The quantitative estimate of drug-likeness (QED) is 0.820. The highest BCUT2D eigenvalue weighted by Gasteiger charge is 2.29. The largest absolute Gasteiger partial charge is 0.471 e. The van der Waals surface area contributed by atoms with Crippen LogP contribution in [0.4, 0.5) is 5.69 Å². The van der Waals surface area contributed by atoms with Gasteiger partial charge < -0.3 is 5.02 Å². The van der Waals surface area contributed by atoms with Crippen LogP contribution in [0.3, 0.4) is 0 Å². The van der Waals surface area contributed by atoms with E-state index in [0.717, 1.165) is 11.0 Å². The Morgan fingerprint density at radius 2 is 1.84 bits per heavy atom. The molecule has 1 aliphatic rings. The molecule has 0 fully saturated rings. The van der Waals surface area contributed by atoms with Crippen molar-refractivity contribution in [1.29, 1.82) is 0 Å². The number of hydrogen-bond donors (Lipinski definition) is 1. The SMILES string of the molecule is OB1c2ccccc2C=NN1c1ccc(Cl)c(Cl)c1. The molecule has 2 aromatic rings. The van der Waals surface area contributed by atoms with Crippen molar-refractivity contribution < 1.29 is 5.02 Å². The van der Waals surface area contributed by atoms with Gasteiger partial charge in [0.05, 0.1) is 16.3 Å². The molecule has 1 aliphatic heterocycles. The first-order valence-corrected chi connectivity index (χ1v) is 6.47. The maximum atomic E-state index is 10.4. The van der Waals surface area contributed by atoms with Gasteiger partial charge in [-0.3, -0.25) is 4.92 Å². The number of rotatable bonds is 1. The Labute approximate surface area is 121 Å². The van der Waals surface area contributed by atoms with Crippen LogP contribution in [0.15, 0.2) is 47.6 Å². The molecule has 2 aromatic carbocycles. The van der Waals surface area contributed by atoms with Gasteiger partial charge in [0.25, 0.3) is 0 Å². The molecule has 0 saturated carbocycles. The minimum Gasteiger partial charge on any atom is -0.427 e. The Balaban J connectivity index is 2.02. The third-order valence-electron chi connectivity index (χ3n) is 2.99. The standard InChI is InChI=1S/C13H9BCl2N2O/c15-12-6-5-10(7-13(12)16)18-14(19)11-4-2-1-3-9(11)8-17-18/h1-8,19H. The van der Waals surface area contributed by atoms with Gasteiger partial charge in [-0.05, 0) is 29.2 Å². The van der Waals surface area contributed by atoms with Crippen LogP contribution in [0, 0.1) is 0 Å². The second kappa shape index (κ2) is 4.89. The third kappa shape index (κ3) is 2.23. The molecule has 1 N–H and O–H groups in total. The highest BCUT2D eigenvalue weighted by molar-refractivity contribution is 6.71. The lowest BCUT2D eigenvalue weighted by molar-refractivity contribution is 0.578. The number of hydrazone groups is 1. The lowest BCUT2D eigenvalue weighted by atomic mass is 9.69. The van der Waals surface area contributed by atoms with Gasteiger partial charge in [-0.2, -0.15) is 5.10 Å². The van der Waals surface area contributed by atoms with Crippen LogP contribution < -0.4 is 10.4 Å². The van der Waals surface area contributed by atoms with Crippen molar-refractivity contribution in [2.45, 2.75) is 0 Å². The van der Waals surface area contributed by atoms with Crippen molar-refractivity contribution in [2.24, 2.45) is 5.10 Å². The Hall–Kier alpha value is -1.49. The molecule has 94 valence electrons. The van der Waals surface area contributed by atoms with E-state index in [1.807, 2.05) is 24.3 Å². The van der Waals surface area contributed by atoms with Gasteiger partial charge in [-0.15, -0.1) is 0 Å². The van der Waals surface area contributed by atoms with Crippen molar-refractivity contribution in [3.8, 4) is 0 Å². The Morgan fingerprint density at radius 1 is 1.05 bits per heavy atom. The Bertz CT molecular complexity index is 663. The zero-order valence-electron chi connectivity index (χ0n) is 9.79. The summed E-state index contributed by atoms with van der Waals surface area (Å²) in [7, 11) is -0.835. The summed E-state index contributed by atoms with van der Waals surface area (Å²) >= 11 is 11.9. The first-order valence-electron chi connectivity index (χ1n) is 5.72. The van der Waals surface area contributed by atoms with E-state index in [0.29, 0.717) is 15.7 Å². The number of nitrogens with zero attached hydrogens (tertiary/aromatic N) is 2. The molecular formula is C13H9BCl2N2O. The zero-order valence-corrected chi connectivity index (χ0v) is 11.3. The molecule has 0 spiro atoms. The van der Waals surface area contributed by atoms with Gasteiger partial charge in [0.2, 0.25) is 0 Å². The Kier molecular flexibility index (Phi) is 3.23. The molecule has 0 aromatic heterocycles. The van der Waals surface area contributed by atoms with Crippen LogP contribution in [-0.4, -0.2) is 18.3 Å². The van der Waals surface area contributed by atoms with E-state index in [1.54, 1.807) is 24.4 Å². The van der Waals surface area contributed by atoms with Crippen molar-refractivity contribution >= 4 is 47.6 Å². The van der Waals surface area contributed by atoms with Crippen molar-refractivity contribution in [3.05, 3.63) is 58.1 Å². The summed E-state index contributed by atoms with van der Waals surface area (Å²) in [6, 6.07) is 12.7. The van der Waals surface area contributed by atoms with E-state index in [2.05, 4.69) is 5.10 Å². The Morgan fingerprint density at radius 3 is 2.63 bits per heavy atom. The molecule has 1 heterocycles. The lowest BCUT2D eigenvalue weighted by Crippen LogP contribution is -2.50. The topological polar surface area (TPSA) is 35.8 Å². The predicted molar refractivity (Wildman–Crippen MR) is 80.6 cm³/mol. The molecule has 0 unspecified atom stereocenters. The molecule has 0 atom stereocenters. The monoisotopic (exact) mass is 290 g/mol. The number of fused-ring (bicyclic) bond motifs is 1. The number of anilines is 1. The van der Waals surface area contributed by atoms with Crippen LogP contribution in [0.25, 0.3) is 0 Å². The second-order valence-electron chi connectivity index (χ2n) is 4.19. The highest BCUT2D eigenvalue weighted by Crippen LogP contribution is 2.28. The van der Waals surface area contributed by atoms with Crippen LogP contribution in [0.5, 0.6) is 0 Å². The first kappa shape index (κ1) is 12.5. The molecule has 3 rings (SSSR count). The summed E-state index contributed by atoms with van der Waals surface area (Å²) in [5, 5.41) is 15.5. The smallest absolute Gasteiger partial charge is 0.427 e. The minimum atomic E-state index is -0.835. The van der Waals surface area contributed by atoms with E-state index < -0.39 is 7.05 Å². The lowest BCUT2D eigenvalue weighted by Gasteiger charge is -2.26. The summed E-state index contributed by atoms with van der Waals surface area (Å²) < 4.78 is 0. The average Bonchev–Trinajstić information content (AvgIpc) is 2.43. The number of halogens is 2. The van der Waals surface area contributed by atoms with Gasteiger partial charge in [0, 0.05) is 5.69 Å². The van der Waals surface area contributed by atoms with Gasteiger partial charge in [-0.1, -0.05) is 47.5 Å². The van der Waals surface area contributed by atoms with Gasteiger partial charge >= 0.3 is 7.05 Å². The van der Waals surface area contributed by atoms with E-state index in [4.69, 9.17) is 23.2 Å². The molecule has 0 saturated heterocycles. The van der Waals surface area contributed by atoms with Crippen LogP contribution >= 0.6 is 23.2 Å². The normalized spacial score (nSPS) is 13.6.